The quantitative estimate of drug-likeness (QED) is 0.571. The predicted octanol–water partition coefficient (Wildman–Crippen LogP) is 1.86. The van der Waals surface area contributed by atoms with Crippen LogP contribution in [-0.2, 0) is 0 Å². The molecule has 10 heavy (non-hydrogen) atoms. The third-order valence-electron chi connectivity index (χ3n) is 1.05. The van der Waals surface area contributed by atoms with Crippen LogP contribution in [0.4, 0.5) is 5.69 Å². The summed E-state index contributed by atoms with van der Waals surface area (Å²) in [6.45, 7) is 0. The Bertz CT molecular complexity index is 222. The Morgan fingerprint density at radius 1 is 1.30 bits per heavy atom. The van der Waals surface area contributed by atoms with Crippen LogP contribution in [0.2, 0.25) is 0 Å². The summed E-state index contributed by atoms with van der Waals surface area (Å²) in [5, 5.41) is 9.93. The fourth-order valence-corrected chi connectivity index (χ4v) is 1.15. The molecule has 0 heterocycles. The number of hydrogen-bond acceptors (Lipinski definition) is 1. The molecule has 0 aliphatic carbocycles. The summed E-state index contributed by atoms with van der Waals surface area (Å²) < 4.78 is 0. The predicted molar refractivity (Wildman–Crippen MR) is 45.3 cm³/mol. The van der Waals surface area contributed by atoms with Gasteiger partial charge in [-0.15, -0.1) is 0 Å². The van der Waals surface area contributed by atoms with Crippen molar-refractivity contribution in [2.75, 3.05) is 5.09 Å². The average molecular weight is 155 g/mol. The highest BCUT2D eigenvalue weighted by molar-refractivity contribution is 7.44. The van der Waals surface area contributed by atoms with Crippen LogP contribution in [-0.4, -0.2) is 0 Å². The molecule has 0 fully saturated rings. The van der Waals surface area contributed by atoms with E-state index in [0.29, 0.717) is 0 Å². The lowest BCUT2D eigenvalue weighted by Crippen LogP contribution is -1.90. The van der Waals surface area contributed by atoms with Crippen molar-refractivity contribution in [1.82, 2.24) is 0 Å². The normalized spacial score (nSPS) is 12.5. The summed E-state index contributed by atoms with van der Waals surface area (Å²) in [4.78, 5) is 0. The van der Waals surface area contributed by atoms with Gasteiger partial charge in [0.05, 0.1) is 8.01 Å². The molecule has 0 spiro atoms. The number of anilines is 1. The van der Waals surface area contributed by atoms with Gasteiger partial charge in [0.1, 0.15) is 0 Å². The second-order valence-electron chi connectivity index (χ2n) is 1.90. The summed E-state index contributed by atoms with van der Waals surface area (Å²) in [5.74, 6) is 0. The second-order valence-corrected chi connectivity index (χ2v) is 2.98. The third-order valence-corrected chi connectivity index (χ3v) is 1.61. The first-order valence-corrected chi connectivity index (χ1v) is 4.53. The Labute approximate surface area is 60.6 Å². The van der Waals surface area contributed by atoms with Gasteiger partial charge in [-0.05, 0) is 12.1 Å². The first-order chi connectivity index (χ1) is 4.79. The number of para-hydroxylation sites is 1. The SMILES string of the molecule is N=[PH](N)Nc1ccccc1. The summed E-state index contributed by atoms with van der Waals surface area (Å²) in [6.07, 6.45) is 0. The molecule has 0 aromatic heterocycles. The van der Waals surface area contributed by atoms with Crippen molar-refractivity contribution in [2.45, 2.75) is 0 Å². The van der Waals surface area contributed by atoms with Gasteiger partial charge in [0.15, 0.2) is 0 Å². The van der Waals surface area contributed by atoms with E-state index >= 15 is 0 Å². The van der Waals surface area contributed by atoms with Crippen molar-refractivity contribution in [3.05, 3.63) is 30.3 Å². The molecular weight excluding hydrogens is 145 g/mol. The zero-order valence-corrected chi connectivity index (χ0v) is 6.46. The van der Waals surface area contributed by atoms with Crippen molar-refractivity contribution in [2.24, 2.45) is 5.50 Å². The van der Waals surface area contributed by atoms with Gasteiger partial charge >= 0.3 is 0 Å². The van der Waals surface area contributed by atoms with Crippen molar-refractivity contribution in [3.63, 3.8) is 0 Å². The zero-order chi connectivity index (χ0) is 7.40. The molecule has 1 atom stereocenters. The van der Waals surface area contributed by atoms with E-state index in [2.05, 4.69) is 5.09 Å². The molecule has 3 nitrogen and oxygen atoms in total. The van der Waals surface area contributed by atoms with Gasteiger partial charge in [0.2, 0.25) is 0 Å². The smallest absolute Gasteiger partial charge is 0.0970 e. The molecule has 0 radical (unpaired) electrons. The van der Waals surface area contributed by atoms with Crippen LogP contribution in [0.15, 0.2) is 30.3 Å². The highest BCUT2D eigenvalue weighted by atomic mass is 31.1. The highest BCUT2D eigenvalue weighted by Gasteiger charge is 1.85. The van der Waals surface area contributed by atoms with E-state index in [0.717, 1.165) is 5.69 Å². The first-order valence-electron chi connectivity index (χ1n) is 2.95. The van der Waals surface area contributed by atoms with Gasteiger partial charge in [0, 0.05) is 5.69 Å². The van der Waals surface area contributed by atoms with Crippen molar-refractivity contribution >= 4 is 13.7 Å². The molecular formula is C6H10N3P. The molecule has 54 valence electrons. The van der Waals surface area contributed by atoms with Crippen LogP contribution in [0.5, 0.6) is 0 Å². The third kappa shape index (κ3) is 2.21. The van der Waals surface area contributed by atoms with Gasteiger partial charge < -0.3 is 5.09 Å². The molecule has 4 heteroatoms. The molecule has 0 aliphatic heterocycles. The molecule has 0 aliphatic rings. The van der Waals surface area contributed by atoms with E-state index in [1.165, 1.54) is 0 Å². The molecule has 0 saturated heterocycles. The number of hydrogen-bond donors (Lipinski definition) is 3. The Morgan fingerprint density at radius 3 is 2.40 bits per heavy atom. The van der Waals surface area contributed by atoms with E-state index < -0.39 is 8.01 Å². The Morgan fingerprint density at radius 2 is 1.90 bits per heavy atom. The fraction of sp³-hybridized carbons (Fsp3) is 0. The Hall–Kier alpha value is -0.790. The maximum absolute atomic E-state index is 7.08. The lowest BCUT2D eigenvalue weighted by molar-refractivity contribution is 1.56. The zero-order valence-electron chi connectivity index (χ0n) is 5.46. The fourth-order valence-electron chi connectivity index (χ4n) is 0.677. The van der Waals surface area contributed by atoms with Crippen LogP contribution >= 0.6 is 8.01 Å². The topological polar surface area (TPSA) is 61.9 Å². The molecule has 0 amide bonds. The second kappa shape index (κ2) is 3.40. The number of rotatable bonds is 2. The Balaban J connectivity index is 2.67. The molecule has 1 aromatic carbocycles. The summed E-state index contributed by atoms with van der Waals surface area (Å²) >= 11 is 0. The molecule has 0 saturated carbocycles. The van der Waals surface area contributed by atoms with E-state index in [9.17, 15) is 0 Å². The standard InChI is InChI=1S/C6H10N3P/c7-10(8)9-6-4-2-1-3-5-6/h1-5,10H,(H4,7,8,9). The number of benzene rings is 1. The maximum Gasteiger partial charge on any atom is 0.0970 e. The molecule has 4 N–H and O–H groups in total. The van der Waals surface area contributed by atoms with Gasteiger partial charge in [0.25, 0.3) is 0 Å². The highest BCUT2D eigenvalue weighted by Crippen LogP contribution is 2.15. The lowest BCUT2D eigenvalue weighted by atomic mass is 10.3. The number of nitrogens with one attached hydrogen (secondary N) is 2. The minimum absolute atomic E-state index is 0.925. The van der Waals surface area contributed by atoms with E-state index in [1.807, 2.05) is 30.3 Å². The molecule has 1 unspecified atom stereocenters. The molecule has 1 aromatic rings. The number of nitrogens with two attached hydrogens (primary N) is 1. The minimum atomic E-state index is -1.59. The van der Waals surface area contributed by atoms with Crippen LogP contribution in [0, 0.1) is 5.16 Å². The van der Waals surface area contributed by atoms with Crippen LogP contribution < -0.4 is 10.6 Å². The Kier molecular flexibility index (Phi) is 2.49. The lowest BCUT2D eigenvalue weighted by Gasteiger charge is -2.02. The molecule has 0 bridgehead atoms. The van der Waals surface area contributed by atoms with Gasteiger partial charge in [-0.25, -0.2) is 0 Å². The largest absolute Gasteiger partial charge is 0.343 e. The summed E-state index contributed by atoms with van der Waals surface area (Å²) in [5.41, 5.74) is 6.21. The first kappa shape index (κ1) is 7.32. The van der Waals surface area contributed by atoms with Gasteiger partial charge in [-0.3, -0.25) is 10.7 Å². The minimum Gasteiger partial charge on any atom is -0.343 e. The van der Waals surface area contributed by atoms with E-state index in [4.69, 9.17) is 10.7 Å². The monoisotopic (exact) mass is 155 g/mol. The van der Waals surface area contributed by atoms with Gasteiger partial charge in [-0.2, -0.15) is 0 Å². The van der Waals surface area contributed by atoms with Crippen molar-refractivity contribution in [3.8, 4) is 0 Å². The van der Waals surface area contributed by atoms with E-state index in [1.54, 1.807) is 0 Å². The maximum atomic E-state index is 7.08. The van der Waals surface area contributed by atoms with Crippen LogP contribution in [0.3, 0.4) is 0 Å². The van der Waals surface area contributed by atoms with Crippen LogP contribution in [0.25, 0.3) is 0 Å². The summed E-state index contributed by atoms with van der Waals surface area (Å²) in [6, 6.07) is 9.54. The van der Waals surface area contributed by atoms with E-state index in [-0.39, 0.29) is 0 Å². The van der Waals surface area contributed by atoms with Gasteiger partial charge in [-0.1, -0.05) is 18.2 Å². The van der Waals surface area contributed by atoms with Crippen molar-refractivity contribution in [1.29, 1.82) is 5.16 Å². The van der Waals surface area contributed by atoms with Crippen molar-refractivity contribution < 1.29 is 0 Å². The summed E-state index contributed by atoms with van der Waals surface area (Å²) in [7, 11) is -1.59. The average Bonchev–Trinajstić information content (AvgIpc) is 1.88. The molecule has 1 rings (SSSR count). The van der Waals surface area contributed by atoms with Crippen LogP contribution in [0.1, 0.15) is 0 Å².